The molecule has 0 aliphatic rings. The molecule has 0 unspecified atom stereocenters. The molecular weight excluding hydrogens is 224 g/mol. The molecule has 4 heteroatoms. The summed E-state index contributed by atoms with van der Waals surface area (Å²) < 4.78 is 0. The van der Waals surface area contributed by atoms with Crippen LogP contribution in [0.4, 0.5) is 11.6 Å². The second-order valence-corrected chi connectivity index (χ2v) is 4.55. The molecule has 0 radical (unpaired) electrons. The Morgan fingerprint density at radius 1 is 0.833 bits per heavy atom. The Morgan fingerprint density at radius 3 is 2.22 bits per heavy atom. The highest BCUT2D eigenvalue weighted by atomic mass is 15.1. The zero-order chi connectivity index (χ0) is 13.3. The minimum atomic E-state index is 0.777. The van der Waals surface area contributed by atoms with E-state index in [4.69, 9.17) is 0 Å². The quantitative estimate of drug-likeness (QED) is 0.878. The molecule has 0 fully saturated rings. The van der Waals surface area contributed by atoms with Crippen LogP contribution in [0.5, 0.6) is 0 Å². The van der Waals surface area contributed by atoms with Gasteiger partial charge < -0.3 is 5.32 Å². The van der Waals surface area contributed by atoms with Gasteiger partial charge in [0, 0.05) is 6.20 Å². The summed E-state index contributed by atoms with van der Waals surface area (Å²) in [6.07, 6.45) is 1.80. The summed E-state index contributed by atoms with van der Waals surface area (Å²) in [7, 11) is 0. The van der Waals surface area contributed by atoms with Crippen molar-refractivity contribution in [3.05, 3.63) is 40.5 Å². The van der Waals surface area contributed by atoms with Gasteiger partial charge in [-0.25, -0.2) is 9.97 Å². The van der Waals surface area contributed by atoms with Crippen molar-refractivity contribution >= 4 is 11.6 Å². The van der Waals surface area contributed by atoms with E-state index >= 15 is 0 Å². The molecule has 0 bridgehead atoms. The van der Waals surface area contributed by atoms with Crippen LogP contribution >= 0.6 is 0 Å². The molecule has 0 aliphatic heterocycles. The Balaban J connectivity index is 2.40. The lowest BCUT2D eigenvalue weighted by molar-refractivity contribution is 1.00. The average molecular weight is 242 g/mol. The number of hydrogen-bond donors (Lipinski definition) is 1. The fourth-order valence-corrected chi connectivity index (χ4v) is 1.70. The summed E-state index contributed by atoms with van der Waals surface area (Å²) in [5.74, 6) is 1.62. The number of anilines is 2. The number of nitrogens with one attached hydrogen (secondary N) is 1. The van der Waals surface area contributed by atoms with Gasteiger partial charge in [0.15, 0.2) is 5.82 Å². The second kappa shape index (κ2) is 4.72. The van der Waals surface area contributed by atoms with Crippen LogP contribution in [-0.2, 0) is 0 Å². The van der Waals surface area contributed by atoms with Crippen molar-refractivity contribution in [2.45, 2.75) is 34.6 Å². The van der Waals surface area contributed by atoms with E-state index in [2.05, 4.69) is 34.1 Å². The first kappa shape index (κ1) is 12.5. The van der Waals surface area contributed by atoms with Gasteiger partial charge in [0.2, 0.25) is 0 Å². The first-order chi connectivity index (χ1) is 8.49. The predicted molar refractivity (Wildman–Crippen MR) is 73.2 cm³/mol. The number of aromatic nitrogens is 3. The molecular formula is C14H18N4. The SMILES string of the molecule is Cc1ccnc(Nc2nc(C)c(C)nc2C)c1C. The van der Waals surface area contributed by atoms with Gasteiger partial charge in [-0.2, -0.15) is 0 Å². The third-order valence-electron chi connectivity index (χ3n) is 3.19. The summed E-state index contributed by atoms with van der Waals surface area (Å²) >= 11 is 0. The van der Waals surface area contributed by atoms with Gasteiger partial charge in [-0.1, -0.05) is 0 Å². The second-order valence-electron chi connectivity index (χ2n) is 4.55. The van der Waals surface area contributed by atoms with Crippen LogP contribution in [0.25, 0.3) is 0 Å². The summed E-state index contributed by atoms with van der Waals surface area (Å²) in [6.45, 7) is 10.0. The van der Waals surface area contributed by atoms with Crippen molar-refractivity contribution in [3.63, 3.8) is 0 Å². The molecule has 0 spiro atoms. The van der Waals surface area contributed by atoms with Gasteiger partial charge in [-0.05, 0) is 51.8 Å². The summed E-state index contributed by atoms with van der Waals surface area (Å²) in [5.41, 5.74) is 5.14. The molecule has 1 N–H and O–H groups in total. The molecule has 2 rings (SSSR count). The van der Waals surface area contributed by atoms with Crippen LogP contribution in [0, 0.1) is 34.6 Å². The lowest BCUT2D eigenvalue weighted by Crippen LogP contribution is -2.05. The number of hydrogen-bond acceptors (Lipinski definition) is 4. The van der Waals surface area contributed by atoms with E-state index in [1.165, 1.54) is 5.56 Å². The normalized spacial score (nSPS) is 10.5. The van der Waals surface area contributed by atoms with E-state index in [1.807, 2.05) is 26.8 Å². The third kappa shape index (κ3) is 2.32. The topological polar surface area (TPSA) is 50.7 Å². The van der Waals surface area contributed by atoms with E-state index in [1.54, 1.807) is 6.20 Å². The lowest BCUT2D eigenvalue weighted by Gasteiger charge is -2.12. The average Bonchev–Trinajstić information content (AvgIpc) is 2.32. The molecule has 4 nitrogen and oxygen atoms in total. The van der Waals surface area contributed by atoms with Crippen molar-refractivity contribution in [1.29, 1.82) is 0 Å². The fraction of sp³-hybridized carbons (Fsp3) is 0.357. The summed E-state index contributed by atoms with van der Waals surface area (Å²) in [5, 5.41) is 3.26. The van der Waals surface area contributed by atoms with Crippen molar-refractivity contribution in [3.8, 4) is 0 Å². The first-order valence-corrected chi connectivity index (χ1v) is 6.00. The maximum Gasteiger partial charge on any atom is 0.153 e. The fourth-order valence-electron chi connectivity index (χ4n) is 1.70. The standard InChI is InChI=1S/C14H18N4/c1-8-6-7-15-13(9(8)2)18-14-12(5)16-10(3)11(4)17-14/h6-7H,1-5H3,(H,15,17,18). The Hall–Kier alpha value is -1.97. The van der Waals surface area contributed by atoms with Crippen molar-refractivity contribution in [1.82, 2.24) is 15.0 Å². The van der Waals surface area contributed by atoms with Crippen molar-refractivity contribution in [2.24, 2.45) is 0 Å². The van der Waals surface area contributed by atoms with Gasteiger partial charge in [-0.15, -0.1) is 0 Å². The van der Waals surface area contributed by atoms with Crippen LogP contribution in [-0.4, -0.2) is 15.0 Å². The van der Waals surface area contributed by atoms with Crippen molar-refractivity contribution in [2.75, 3.05) is 5.32 Å². The maximum atomic E-state index is 4.52. The summed E-state index contributed by atoms with van der Waals surface area (Å²) in [4.78, 5) is 13.3. The van der Waals surface area contributed by atoms with E-state index < -0.39 is 0 Å². The minimum Gasteiger partial charge on any atom is -0.323 e. The van der Waals surface area contributed by atoms with Gasteiger partial charge >= 0.3 is 0 Å². The van der Waals surface area contributed by atoms with Crippen LogP contribution in [0.15, 0.2) is 12.3 Å². The first-order valence-electron chi connectivity index (χ1n) is 6.00. The van der Waals surface area contributed by atoms with E-state index in [-0.39, 0.29) is 0 Å². The highest BCUT2D eigenvalue weighted by Crippen LogP contribution is 2.21. The lowest BCUT2D eigenvalue weighted by atomic mass is 10.1. The van der Waals surface area contributed by atoms with E-state index in [9.17, 15) is 0 Å². The molecule has 0 atom stereocenters. The van der Waals surface area contributed by atoms with Crippen LogP contribution < -0.4 is 5.32 Å². The monoisotopic (exact) mass is 242 g/mol. The Morgan fingerprint density at radius 2 is 1.50 bits per heavy atom. The minimum absolute atomic E-state index is 0.777. The number of pyridine rings is 1. The highest BCUT2D eigenvalue weighted by molar-refractivity contribution is 5.59. The molecule has 18 heavy (non-hydrogen) atoms. The van der Waals surface area contributed by atoms with Crippen LogP contribution in [0.2, 0.25) is 0 Å². The Labute approximate surface area is 108 Å². The highest BCUT2D eigenvalue weighted by Gasteiger charge is 2.08. The zero-order valence-corrected chi connectivity index (χ0v) is 11.5. The smallest absolute Gasteiger partial charge is 0.153 e. The Bertz CT molecular complexity index is 591. The van der Waals surface area contributed by atoms with Crippen LogP contribution in [0.3, 0.4) is 0 Å². The molecule has 94 valence electrons. The molecule has 0 saturated heterocycles. The predicted octanol–water partition coefficient (Wildman–Crippen LogP) is 3.16. The van der Waals surface area contributed by atoms with Gasteiger partial charge in [0.25, 0.3) is 0 Å². The van der Waals surface area contributed by atoms with Gasteiger partial charge in [0.1, 0.15) is 5.82 Å². The molecule has 2 aromatic rings. The van der Waals surface area contributed by atoms with E-state index in [0.29, 0.717) is 0 Å². The molecule has 0 amide bonds. The van der Waals surface area contributed by atoms with Gasteiger partial charge in [-0.3, -0.25) is 4.98 Å². The zero-order valence-electron chi connectivity index (χ0n) is 11.5. The van der Waals surface area contributed by atoms with Gasteiger partial charge in [0.05, 0.1) is 17.1 Å². The molecule has 2 aromatic heterocycles. The van der Waals surface area contributed by atoms with Crippen molar-refractivity contribution < 1.29 is 0 Å². The summed E-state index contributed by atoms with van der Waals surface area (Å²) in [6, 6.07) is 2.00. The van der Waals surface area contributed by atoms with Crippen LogP contribution in [0.1, 0.15) is 28.2 Å². The number of rotatable bonds is 2. The maximum absolute atomic E-state index is 4.52. The Kier molecular flexibility index (Phi) is 3.28. The number of aryl methyl sites for hydroxylation is 4. The molecule has 2 heterocycles. The molecule has 0 aliphatic carbocycles. The largest absolute Gasteiger partial charge is 0.323 e. The number of nitrogens with zero attached hydrogens (tertiary/aromatic N) is 3. The molecule has 0 aromatic carbocycles. The molecule has 0 saturated carbocycles. The van der Waals surface area contributed by atoms with E-state index in [0.717, 1.165) is 34.3 Å². The third-order valence-corrected chi connectivity index (χ3v) is 3.19.